The van der Waals surface area contributed by atoms with Gasteiger partial charge in [-0.2, -0.15) is 0 Å². The lowest BCUT2D eigenvalue weighted by Crippen LogP contribution is -2.48. The van der Waals surface area contributed by atoms with Crippen LogP contribution in [0.4, 0.5) is 5.82 Å². The topological polar surface area (TPSA) is 50.3 Å². The van der Waals surface area contributed by atoms with Crippen LogP contribution >= 0.6 is 27.5 Å². The van der Waals surface area contributed by atoms with E-state index in [9.17, 15) is 0 Å². The Kier molecular flexibility index (Phi) is 4.97. The predicted molar refractivity (Wildman–Crippen MR) is 70.4 cm³/mol. The number of halogens is 2. The number of hydrogen-bond donors (Lipinski definition) is 1. The molecule has 0 aromatic carbocycles. The second-order valence-electron chi connectivity index (χ2n) is 3.66. The lowest BCUT2D eigenvalue weighted by molar-refractivity contribution is 0.0224. The van der Waals surface area contributed by atoms with Crippen LogP contribution < -0.4 is 5.32 Å². The zero-order chi connectivity index (χ0) is 12.1. The quantitative estimate of drug-likeness (QED) is 0.673. The Balaban J connectivity index is 1.82. The third kappa shape index (κ3) is 3.77. The molecule has 1 aliphatic heterocycles. The highest BCUT2D eigenvalue weighted by atomic mass is 79.9. The molecule has 1 fully saturated rings. The highest BCUT2D eigenvalue weighted by Crippen LogP contribution is 2.18. The number of aromatic nitrogens is 2. The second-order valence-corrected chi connectivity index (χ2v) is 5.22. The number of anilines is 1. The number of nitrogens with one attached hydrogen (secondary N) is 1. The van der Waals surface area contributed by atoms with E-state index >= 15 is 0 Å². The van der Waals surface area contributed by atoms with Crippen LogP contribution in [0.1, 0.15) is 0 Å². The van der Waals surface area contributed by atoms with Gasteiger partial charge in [-0.15, -0.1) is 11.6 Å². The molecule has 7 heteroatoms. The van der Waals surface area contributed by atoms with Gasteiger partial charge in [-0.3, -0.25) is 4.90 Å². The fraction of sp³-hybridized carbons (Fsp3) is 0.600. The van der Waals surface area contributed by atoms with Gasteiger partial charge in [-0.1, -0.05) is 15.9 Å². The van der Waals surface area contributed by atoms with Crippen molar-refractivity contribution in [2.24, 2.45) is 0 Å². The van der Waals surface area contributed by atoms with Crippen LogP contribution in [0.25, 0.3) is 0 Å². The summed E-state index contributed by atoms with van der Waals surface area (Å²) in [5.74, 6) is 0.782. The van der Waals surface area contributed by atoms with Crippen molar-refractivity contribution in [2.75, 3.05) is 31.6 Å². The number of rotatable bonds is 4. The van der Waals surface area contributed by atoms with Crippen molar-refractivity contribution in [1.29, 1.82) is 0 Å². The summed E-state index contributed by atoms with van der Waals surface area (Å²) in [5, 5.41) is 3.18. The Bertz CT molecular complexity index is 342. The van der Waals surface area contributed by atoms with Crippen LogP contribution in [0, 0.1) is 0 Å². The van der Waals surface area contributed by atoms with Gasteiger partial charge in [0.2, 0.25) is 0 Å². The Labute approximate surface area is 114 Å². The molecular formula is C10H14BrClN4O. The molecule has 5 nitrogen and oxygen atoms in total. The lowest BCUT2D eigenvalue weighted by Gasteiger charge is -2.35. The number of ether oxygens (including phenoxy) is 1. The average molecular weight is 322 g/mol. The molecule has 1 aromatic rings. The van der Waals surface area contributed by atoms with Gasteiger partial charge < -0.3 is 10.1 Å². The van der Waals surface area contributed by atoms with E-state index in [-0.39, 0.29) is 10.5 Å². The molecule has 94 valence electrons. The summed E-state index contributed by atoms with van der Waals surface area (Å²) in [5.41, 5.74) is -0.0989. The summed E-state index contributed by atoms with van der Waals surface area (Å²) < 4.78 is 5.34. The standard InChI is InChI=1S/C10H14BrClN4O/c11-8-6-17-4-3-16(8)9(12)5-14-10-1-2-13-7-15-10/h1-2,7-9H,3-6H2,(H,13,14,15). The van der Waals surface area contributed by atoms with Gasteiger partial charge in [0.1, 0.15) is 17.6 Å². The molecule has 1 N–H and O–H groups in total. The summed E-state index contributed by atoms with van der Waals surface area (Å²) in [7, 11) is 0. The van der Waals surface area contributed by atoms with E-state index < -0.39 is 0 Å². The zero-order valence-electron chi connectivity index (χ0n) is 9.22. The minimum Gasteiger partial charge on any atom is -0.378 e. The maximum Gasteiger partial charge on any atom is 0.129 e. The summed E-state index contributed by atoms with van der Waals surface area (Å²) in [6, 6.07) is 1.81. The van der Waals surface area contributed by atoms with E-state index in [1.807, 2.05) is 6.07 Å². The molecule has 1 aromatic heterocycles. The maximum atomic E-state index is 6.34. The van der Waals surface area contributed by atoms with Crippen molar-refractivity contribution in [3.05, 3.63) is 18.6 Å². The first-order valence-corrected chi connectivity index (χ1v) is 6.74. The normalized spacial score (nSPS) is 23.3. The van der Waals surface area contributed by atoms with E-state index in [2.05, 4.69) is 36.1 Å². The van der Waals surface area contributed by atoms with Crippen molar-refractivity contribution in [2.45, 2.75) is 10.5 Å². The van der Waals surface area contributed by atoms with Gasteiger partial charge in [0.15, 0.2) is 0 Å². The molecule has 1 saturated heterocycles. The number of hydrogen-bond acceptors (Lipinski definition) is 5. The molecule has 0 spiro atoms. The molecule has 2 unspecified atom stereocenters. The van der Waals surface area contributed by atoms with Crippen molar-refractivity contribution in [3.63, 3.8) is 0 Å². The molecular weight excluding hydrogens is 307 g/mol. The zero-order valence-corrected chi connectivity index (χ0v) is 11.6. The fourth-order valence-electron chi connectivity index (χ4n) is 1.60. The summed E-state index contributed by atoms with van der Waals surface area (Å²) in [4.78, 5) is 10.3. The van der Waals surface area contributed by atoms with Gasteiger partial charge >= 0.3 is 0 Å². The number of morpholine rings is 1. The Hall–Kier alpha value is -0.430. The first-order chi connectivity index (χ1) is 8.27. The van der Waals surface area contributed by atoms with E-state index in [1.54, 1.807) is 6.20 Å². The average Bonchev–Trinajstić information content (AvgIpc) is 2.38. The molecule has 0 radical (unpaired) electrons. The van der Waals surface area contributed by atoms with Crippen LogP contribution in [-0.4, -0.2) is 51.6 Å². The van der Waals surface area contributed by atoms with E-state index in [0.717, 1.165) is 19.0 Å². The Morgan fingerprint density at radius 3 is 3.29 bits per heavy atom. The van der Waals surface area contributed by atoms with E-state index in [0.29, 0.717) is 13.2 Å². The summed E-state index contributed by atoms with van der Waals surface area (Å²) in [6.07, 6.45) is 3.20. The molecule has 2 rings (SSSR count). The molecule has 17 heavy (non-hydrogen) atoms. The van der Waals surface area contributed by atoms with Crippen molar-refractivity contribution in [3.8, 4) is 0 Å². The Morgan fingerprint density at radius 1 is 1.71 bits per heavy atom. The third-order valence-electron chi connectivity index (χ3n) is 2.50. The van der Waals surface area contributed by atoms with E-state index in [1.165, 1.54) is 6.33 Å². The van der Waals surface area contributed by atoms with Crippen LogP contribution in [0.5, 0.6) is 0 Å². The molecule has 1 aliphatic rings. The molecule has 2 atom stereocenters. The second kappa shape index (κ2) is 6.49. The van der Waals surface area contributed by atoms with Crippen molar-refractivity contribution in [1.82, 2.24) is 14.9 Å². The SMILES string of the molecule is ClC(CNc1ccncn1)N1CCOCC1Br. The predicted octanol–water partition coefficient (Wildman–Crippen LogP) is 1.51. The third-order valence-corrected chi connectivity index (χ3v) is 3.70. The Morgan fingerprint density at radius 2 is 2.59 bits per heavy atom. The van der Waals surface area contributed by atoms with Crippen LogP contribution in [0.15, 0.2) is 18.6 Å². The van der Waals surface area contributed by atoms with Gasteiger partial charge in [0.05, 0.1) is 18.2 Å². The van der Waals surface area contributed by atoms with Crippen molar-refractivity contribution >= 4 is 33.3 Å². The highest BCUT2D eigenvalue weighted by Gasteiger charge is 2.26. The number of nitrogens with zero attached hydrogens (tertiary/aromatic N) is 3. The molecule has 0 aliphatic carbocycles. The van der Waals surface area contributed by atoms with Gasteiger partial charge in [0.25, 0.3) is 0 Å². The largest absolute Gasteiger partial charge is 0.378 e. The van der Waals surface area contributed by atoms with Crippen LogP contribution in [0.2, 0.25) is 0 Å². The first kappa shape index (κ1) is 13.0. The molecule has 2 heterocycles. The van der Waals surface area contributed by atoms with Gasteiger partial charge in [0, 0.05) is 19.3 Å². The minimum atomic E-state index is -0.0989. The van der Waals surface area contributed by atoms with Crippen LogP contribution in [0.3, 0.4) is 0 Å². The summed E-state index contributed by atoms with van der Waals surface area (Å²) >= 11 is 9.88. The summed E-state index contributed by atoms with van der Waals surface area (Å²) in [6.45, 7) is 2.84. The van der Waals surface area contributed by atoms with Gasteiger partial charge in [-0.25, -0.2) is 9.97 Å². The molecule has 0 saturated carbocycles. The highest BCUT2D eigenvalue weighted by molar-refractivity contribution is 9.09. The lowest BCUT2D eigenvalue weighted by atomic mass is 10.4. The smallest absolute Gasteiger partial charge is 0.129 e. The maximum absolute atomic E-state index is 6.34. The monoisotopic (exact) mass is 320 g/mol. The molecule has 0 amide bonds. The number of alkyl halides is 2. The van der Waals surface area contributed by atoms with Gasteiger partial charge in [-0.05, 0) is 6.07 Å². The van der Waals surface area contributed by atoms with Crippen LogP contribution in [-0.2, 0) is 4.74 Å². The van der Waals surface area contributed by atoms with Crippen molar-refractivity contribution < 1.29 is 4.74 Å². The molecule has 0 bridgehead atoms. The minimum absolute atomic E-state index is 0.0989. The fourth-order valence-corrected chi connectivity index (χ4v) is 2.73. The first-order valence-electron chi connectivity index (χ1n) is 5.39. The van der Waals surface area contributed by atoms with E-state index in [4.69, 9.17) is 16.3 Å².